The molecule has 1 fully saturated rings. The number of carbonyl (C=O) groups is 3. The Morgan fingerprint density at radius 2 is 1.77 bits per heavy atom. The van der Waals surface area contributed by atoms with Crippen LogP contribution in [0.2, 0.25) is 0 Å². The Morgan fingerprint density at radius 3 is 2.32 bits per heavy atom. The van der Waals surface area contributed by atoms with Gasteiger partial charge in [0.1, 0.15) is 6.04 Å². The summed E-state index contributed by atoms with van der Waals surface area (Å²) in [6.45, 7) is 6.11. The number of carbonyl (C=O) groups excluding carboxylic acids is 2. The number of hydrogen-bond donors (Lipinski definition) is 1. The summed E-state index contributed by atoms with van der Waals surface area (Å²) < 4.78 is 0. The molecule has 0 aliphatic carbocycles. The predicted molar refractivity (Wildman–Crippen MR) is 83.4 cm³/mol. The summed E-state index contributed by atoms with van der Waals surface area (Å²) in [5, 5.41) is 9.08. The van der Waals surface area contributed by atoms with Crippen molar-refractivity contribution in [1.82, 2.24) is 9.80 Å². The van der Waals surface area contributed by atoms with Crippen LogP contribution < -0.4 is 0 Å². The van der Waals surface area contributed by atoms with E-state index in [9.17, 15) is 14.4 Å². The maximum absolute atomic E-state index is 12.1. The molecule has 0 saturated carbocycles. The van der Waals surface area contributed by atoms with Crippen LogP contribution in [-0.4, -0.2) is 58.4 Å². The molecule has 1 saturated heterocycles. The Balaban J connectivity index is 2.37. The smallest absolute Gasteiger partial charge is 0.326 e. The highest BCUT2D eigenvalue weighted by atomic mass is 16.4. The summed E-state index contributed by atoms with van der Waals surface area (Å²) in [4.78, 5) is 38.6. The molecule has 0 aromatic rings. The quantitative estimate of drug-likeness (QED) is 0.705. The average molecular weight is 312 g/mol. The van der Waals surface area contributed by atoms with E-state index in [1.54, 1.807) is 0 Å². The lowest BCUT2D eigenvalue weighted by Gasteiger charge is -2.23. The van der Waals surface area contributed by atoms with Gasteiger partial charge in [0.15, 0.2) is 0 Å². The topological polar surface area (TPSA) is 77.9 Å². The van der Waals surface area contributed by atoms with Crippen LogP contribution in [0.25, 0.3) is 0 Å². The van der Waals surface area contributed by atoms with Crippen LogP contribution in [0.15, 0.2) is 0 Å². The first-order chi connectivity index (χ1) is 10.5. The highest BCUT2D eigenvalue weighted by Gasteiger charge is 2.33. The zero-order valence-electron chi connectivity index (χ0n) is 13.7. The van der Waals surface area contributed by atoms with Gasteiger partial charge in [0.05, 0.1) is 0 Å². The predicted octanol–water partition coefficient (Wildman–Crippen LogP) is 1.88. The van der Waals surface area contributed by atoms with Crippen molar-refractivity contribution < 1.29 is 19.5 Å². The molecule has 0 aromatic heterocycles. The van der Waals surface area contributed by atoms with Crippen molar-refractivity contribution in [1.29, 1.82) is 0 Å². The number of carboxylic acids is 1. The number of nitrogens with zero attached hydrogens (tertiary/aromatic N) is 2. The van der Waals surface area contributed by atoms with Crippen LogP contribution in [0.4, 0.5) is 0 Å². The molecular weight excluding hydrogens is 284 g/mol. The molecule has 6 heteroatoms. The van der Waals surface area contributed by atoms with Gasteiger partial charge < -0.3 is 14.9 Å². The van der Waals surface area contributed by atoms with Gasteiger partial charge in [-0.15, -0.1) is 0 Å². The Bertz CT molecular complexity index is 392. The van der Waals surface area contributed by atoms with E-state index >= 15 is 0 Å². The van der Waals surface area contributed by atoms with Crippen molar-refractivity contribution in [2.75, 3.05) is 19.6 Å². The molecule has 1 aliphatic rings. The summed E-state index contributed by atoms with van der Waals surface area (Å²) >= 11 is 0. The molecule has 6 nitrogen and oxygen atoms in total. The number of rotatable bonds is 9. The summed E-state index contributed by atoms with van der Waals surface area (Å²) in [5.41, 5.74) is 0. The maximum Gasteiger partial charge on any atom is 0.326 e. The van der Waals surface area contributed by atoms with E-state index in [-0.39, 0.29) is 18.2 Å². The zero-order chi connectivity index (χ0) is 16.5. The fourth-order valence-corrected chi connectivity index (χ4v) is 2.92. The average Bonchev–Trinajstić information content (AvgIpc) is 2.96. The van der Waals surface area contributed by atoms with Crippen LogP contribution in [0.5, 0.6) is 0 Å². The number of aliphatic carboxylic acids is 1. The molecule has 1 aliphatic heterocycles. The highest BCUT2D eigenvalue weighted by Crippen LogP contribution is 2.19. The van der Waals surface area contributed by atoms with E-state index in [0.717, 1.165) is 32.4 Å². The van der Waals surface area contributed by atoms with E-state index in [1.807, 2.05) is 18.7 Å². The standard InChI is InChI=1S/C16H28N2O4/c1-3-10-17(11-4-2)14(19)8-5-9-15(20)18-12-6-7-13(18)16(21)22/h13H,3-12H2,1-2H3,(H,21,22)/t13-/m1/s1. The van der Waals surface area contributed by atoms with Crippen molar-refractivity contribution in [3.8, 4) is 0 Å². The molecule has 1 heterocycles. The molecule has 2 amide bonds. The van der Waals surface area contributed by atoms with Gasteiger partial charge >= 0.3 is 5.97 Å². The first-order valence-corrected chi connectivity index (χ1v) is 8.31. The lowest BCUT2D eigenvalue weighted by molar-refractivity contribution is -0.148. The van der Waals surface area contributed by atoms with Gasteiger partial charge in [0.25, 0.3) is 0 Å². The third-order valence-electron chi connectivity index (χ3n) is 3.98. The second-order valence-electron chi connectivity index (χ2n) is 5.82. The molecule has 1 rings (SSSR count). The van der Waals surface area contributed by atoms with Crippen molar-refractivity contribution >= 4 is 17.8 Å². The minimum absolute atomic E-state index is 0.0905. The van der Waals surface area contributed by atoms with Crippen molar-refractivity contribution in [3.05, 3.63) is 0 Å². The van der Waals surface area contributed by atoms with Gasteiger partial charge in [-0.1, -0.05) is 13.8 Å². The van der Waals surface area contributed by atoms with Gasteiger partial charge in [-0.2, -0.15) is 0 Å². The Morgan fingerprint density at radius 1 is 1.14 bits per heavy atom. The van der Waals surface area contributed by atoms with E-state index in [4.69, 9.17) is 5.11 Å². The minimum Gasteiger partial charge on any atom is -0.480 e. The van der Waals surface area contributed by atoms with Crippen molar-refractivity contribution in [3.63, 3.8) is 0 Å². The molecular formula is C16H28N2O4. The fraction of sp³-hybridized carbons (Fsp3) is 0.812. The number of hydrogen-bond acceptors (Lipinski definition) is 3. The van der Waals surface area contributed by atoms with Crippen LogP contribution in [0.1, 0.15) is 58.8 Å². The summed E-state index contributed by atoms with van der Waals surface area (Å²) in [6, 6.07) is -0.681. The molecule has 22 heavy (non-hydrogen) atoms. The molecule has 1 atom stereocenters. The number of carboxylic acid groups (broad SMARTS) is 1. The van der Waals surface area contributed by atoms with E-state index in [2.05, 4.69) is 0 Å². The summed E-state index contributed by atoms with van der Waals surface area (Å²) in [7, 11) is 0. The third-order valence-corrected chi connectivity index (χ3v) is 3.98. The molecule has 1 N–H and O–H groups in total. The Labute approximate surface area is 132 Å². The first kappa shape index (κ1) is 18.5. The van der Waals surface area contributed by atoms with Crippen molar-refractivity contribution in [2.45, 2.75) is 64.8 Å². The van der Waals surface area contributed by atoms with Gasteiger partial charge in [0, 0.05) is 32.5 Å². The zero-order valence-corrected chi connectivity index (χ0v) is 13.7. The molecule has 0 bridgehead atoms. The minimum atomic E-state index is -0.931. The monoisotopic (exact) mass is 312 g/mol. The second-order valence-corrected chi connectivity index (χ2v) is 5.82. The third kappa shape index (κ3) is 5.31. The van der Waals surface area contributed by atoms with E-state index in [0.29, 0.717) is 25.8 Å². The molecule has 0 radical (unpaired) electrons. The molecule has 0 aromatic carbocycles. The van der Waals surface area contributed by atoms with Gasteiger partial charge in [0.2, 0.25) is 11.8 Å². The molecule has 0 unspecified atom stereocenters. The van der Waals surface area contributed by atoms with Gasteiger partial charge in [-0.3, -0.25) is 9.59 Å². The molecule has 0 spiro atoms. The number of amides is 2. The van der Waals surface area contributed by atoms with Crippen LogP contribution >= 0.6 is 0 Å². The maximum atomic E-state index is 12.1. The Kier molecular flexibility index (Phi) is 7.91. The van der Waals surface area contributed by atoms with Crippen molar-refractivity contribution in [2.24, 2.45) is 0 Å². The first-order valence-electron chi connectivity index (χ1n) is 8.31. The highest BCUT2D eigenvalue weighted by molar-refractivity contribution is 5.84. The normalized spacial score (nSPS) is 17.5. The van der Waals surface area contributed by atoms with Gasteiger partial charge in [-0.05, 0) is 32.1 Å². The van der Waals surface area contributed by atoms with Crippen LogP contribution in [0.3, 0.4) is 0 Å². The summed E-state index contributed by atoms with van der Waals surface area (Å²) in [6.07, 6.45) is 4.23. The van der Waals surface area contributed by atoms with Gasteiger partial charge in [-0.25, -0.2) is 4.79 Å². The lowest BCUT2D eigenvalue weighted by Crippen LogP contribution is -2.40. The second kappa shape index (κ2) is 9.43. The van der Waals surface area contributed by atoms with Crippen LogP contribution in [-0.2, 0) is 14.4 Å². The van der Waals surface area contributed by atoms with E-state index in [1.165, 1.54) is 4.90 Å². The van der Waals surface area contributed by atoms with E-state index < -0.39 is 12.0 Å². The largest absolute Gasteiger partial charge is 0.480 e. The fourth-order valence-electron chi connectivity index (χ4n) is 2.92. The molecule has 126 valence electrons. The number of likely N-dealkylation sites (tertiary alicyclic amines) is 1. The van der Waals surface area contributed by atoms with Crippen LogP contribution in [0, 0.1) is 0 Å². The summed E-state index contributed by atoms with van der Waals surface area (Å²) in [5.74, 6) is -0.984. The SMILES string of the molecule is CCCN(CCC)C(=O)CCCC(=O)N1CCC[C@@H]1C(=O)O. The lowest BCUT2D eigenvalue weighted by atomic mass is 10.1. The Hall–Kier alpha value is -1.59.